The van der Waals surface area contributed by atoms with Crippen molar-refractivity contribution in [1.82, 2.24) is 15.0 Å². The Labute approximate surface area is 283 Å². The number of aromatic nitrogens is 3. The summed E-state index contributed by atoms with van der Waals surface area (Å²) in [7, 11) is -1.34. The SMILES string of the molecule is CC(C)C(C)c1ccnc(-c2[c-]ncc3c2oc2ccccc23)c1.CC(C)Cc1cc(-c2[c-]cccc2)ncc1[Si](C)(C)C.[Ir]. The summed E-state index contributed by atoms with van der Waals surface area (Å²) < 4.78 is 6.07. The molecule has 6 rings (SSSR count). The van der Waals surface area contributed by atoms with Crippen LogP contribution in [0.1, 0.15) is 51.7 Å². The third-order valence-electron chi connectivity index (χ3n) is 8.21. The first kappa shape index (κ1) is 34.4. The summed E-state index contributed by atoms with van der Waals surface area (Å²) in [4.78, 5) is 13.5. The van der Waals surface area contributed by atoms with Gasteiger partial charge in [0.1, 0.15) is 5.58 Å². The molecule has 6 aromatic rings. The van der Waals surface area contributed by atoms with E-state index in [1.807, 2.05) is 48.8 Å². The number of hydrogen-bond acceptors (Lipinski definition) is 4. The predicted molar refractivity (Wildman–Crippen MR) is 187 cm³/mol. The smallest absolute Gasteiger partial charge is 0.121 e. The molecule has 0 saturated heterocycles. The van der Waals surface area contributed by atoms with Gasteiger partial charge in [0.25, 0.3) is 0 Å². The van der Waals surface area contributed by atoms with E-state index in [0.29, 0.717) is 17.8 Å². The van der Waals surface area contributed by atoms with Crippen molar-refractivity contribution in [3.05, 3.63) is 109 Å². The minimum Gasteiger partial charge on any atom is -0.500 e. The molecule has 4 nitrogen and oxygen atoms in total. The van der Waals surface area contributed by atoms with Gasteiger partial charge in [0, 0.05) is 37.9 Å². The number of benzene rings is 2. The summed E-state index contributed by atoms with van der Waals surface area (Å²) >= 11 is 0. The molecule has 4 aromatic heterocycles. The first-order valence-corrected chi connectivity index (χ1v) is 19.1. The maximum atomic E-state index is 6.07. The quantitative estimate of drug-likeness (QED) is 0.119. The molecule has 0 fully saturated rings. The predicted octanol–water partition coefficient (Wildman–Crippen LogP) is 9.89. The third kappa shape index (κ3) is 8.05. The molecule has 4 heterocycles. The van der Waals surface area contributed by atoms with Gasteiger partial charge in [-0.05, 0) is 70.7 Å². The standard InChI is InChI=1S/C21H19N2O.C18H24NSi.Ir/c1-13(2)14(3)15-8-9-23-19(10-15)18-12-22-11-17-16-6-4-5-7-20(16)24-21(17)18;1-14(2)11-16-12-17(15-9-7-6-8-10-15)19-13-18(16)20(3,4)5;/h4-11,13-14H,1-3H3;6-9,12-14H,11H2,1-5H3;/q2*-1;. The van der Waals surface area contributed by atoms with Crippen LogP contribution in [0.3, 0.4) is 0 Å². The maximum absolute atomic E-state index is 6.07. The Hall–Kier alpha value is -3.44. The van der Waals surface area contributed by atoms with E-state index < -0.39 is 8.07 Å². The topological polar surface area (TPSA) is 51.8 Å². The van der Waals surface area contributed by atoms with Gasteiger partial charge >= 0.3 is 0 Å². The average Bonchev–Trinajstić information content (AvgIpc) is 3.39. The zero-order chi connectivity index (χ0) is 31.4. The van der Waals surface area contributed by atoms with Crippen LogP contribution in [0, 0.1) is 24.1 Å². The van der Waals surface area contributed by atoms with Crippen LogP contribution in [0.4, 0.5) is 0 Å². The Morgan fingerprint density at radius 1 is 0.822 bits per heavy atom. The molecule has 0 bridgehead atoms. The van der Waals surface area contributed by atoms with Gasteiger partial charge in [0.05, 0.1) is 13.7 Å². The number of nitrogens with zero attached hydrogens (tertiary/aromatic N) is 3. The number of pyridine rings is 3. The van der Waals surface area contributed by atoms with Crippen LogP contribution in [-0.2, 0) is 26.5 Å². The van der Waals surface area contributed by atoms with Gasteiger partial charge in [-0.1, -0.05) is 101 Å². The number of furan rings is 1. The first-order chi connectivity index (χ1) is 21.0. The van der Waals surface area contributed by atoms with Gasteiger partial charge in [0.15, 0.2) is 0 Å². The molecule has 2 aromatic carbocycles. The monoisotopic (exact) mass is 790 g/mol. The summed E-state index contributed by atoms with van der Waals surface area (Å²) in [5.74, 6) is 1.71. The van der Waals surface area contributed by atoms with Crippen LogP contribution in [0.25, 0.3) is 44.5 Å². The van der Waals surface area contributed by atoms with Gasteiger partial charge in [-0.25, -0.2) is 0 Å². The van der Waals surface area contributed by atoms with Crippen molar-refractivity contribution in [1.29, 1.82) is 0 Å². The van der Waals surface area contributed by atoms with E-state index >= 15 is 0 Å². The van der Waals surface area contributed by atoms with Crippen molar-refractivity contribution in [3.63, 3.8) is 0 Å². The Morgan fingerprint density at radius 2 is 1.58 bits per heavy atom. The molecule has 45 heavy (non-hydrogen) atoms. The Kier molecular flexibility index (Phi) is 11.3. The fourth-order valence-electron chi connectivity index (χ4n) is 5.50. The number of rotatable bonds is 7. The minimum absolute atomic E-state index is 0. The van der Waals surface area contributed by atoms with Gasteiger partial charge in [-0.2, -0.15) is 0 Å². The molecule has 1 atom stereocenters. The van der Waals surface area contributed by atoms with Crippen LogP contribution < -0.4 is 5.19 Å². The summed E-state index contributed by atoms with van der Waals surface area (Å²) in [5, 5.41) is 3.57. The van der Waals surface area contributed by atoms with Crippen molar-refractivity contribution in [2.75, 3.05) is 0 Å². The number of hydrogen-bond donors (Lipinski definition) is 0. The van der Waals surface area contributed by atoms with Crippen LogP contribution >= 0.6 is 0 Å². The second-order valence-electron chi connectivity index (χ2n) is 13.4. The molecule has 235 valence electrons. The summed E-state index contributed by atoms with van der Waals surface area (Å²) in [6, 6.07) is 25.8. The zero-order valence-corrected chi connectivity index (χ0v) is 31.0. The van der Waals surface area contributed by atoms with E-state index in [1.165, 1.54) is 16.3 Å². The molecule has 6 heteroatoms. The van der Waals surface area contributed by atoms with Crippen molar-refractivity contribution in [2.45, 2.75) is 66.6 Å². The number of para-hydroxylation sites is 1. The molecular weight excluding hydrogens is 747 g/mol. The van der Waals surface area contributed by atoms with E-state index in [9.17, 15) is 0 Å². The van der Waals surface area contributed by atoms with Crippen LogP contribution in [0.5, 0.6) is 0 Å². The summed E-state index contributed by atoms with van der Waals surface area (Å²) in [6.45, 7) is 18.4. The largest absolute Gasteiger partial charge is 0.500 e. The van der Waals surface area contributed by atoms with E-state index in [4.69, 9.17) is 4.42 Å². The minimum atomic E-state index is -1.34. The van der Waals surface area contributed by atoms with E-state index in [0.717, 1.165) is 50.9 Å². The maximum Gasteiger partial charge on any atom is 0.121 e. The Bertz CT molecular complexity index is 1860. The van der Waals surface area contributed by atoms with Crippen molar-refractivity contribution >= 4 is 35.2 Å². The second kappa shape index (κ2) is 14.8. The van der Waals surface area contributed by atoms with Crippen LogP contribution in [0.15, 0.2) is 89.7 Å². The molecule has 0 N–H and O–H groups in total. The molecule has 0 spiro atoms. The van der Waals surface area contributed by atoms with Crippen LogP contribution in [-0.4, -0.2) is 23.0 Å². The zero-order valence-electron chi connectivity index (χ0n) is 27.6. The van der Waals surface area contributed by atoms with Crippen molar-refractivity contribution < 1.29 is 24.5 Å². The third-order valence-corrected chi connectivity index (χ3v) is 10.3. The molecule has 0 aliphatic heterocycles. The molecule has 0 saturated carbocycles. The Morgan fingerprint density at radius 3 is 2.27 bits per heavy atom. The molecular formula is C39H43IrN3OSi-2. The Balaban J connectivity index is 0.000000204. The van der Waals surface area contributed by atoms with E-state index in [2.05, 4.69) is 118 Å². The van der Waals surface area contributed by atoms with Crippen molar-refractivity contribution in [3.8, 4) is 22.5 Å². The summed E-state index contributed by atoms with van der Waals surface area (Å²) in [5.41, 5.74) is 8.22. The summed E-state index contributed by atoms with van der Waals surface area (Å²) in [6.07, 6.45) is 9.99. The molecule has 0 amide bonds. The van der Waals surface area contributed by atoms with Gasteiger partial charge in [-0.3, -0.25) is 0 Å². The second-order valence-corrected chi connectivity index (χ2v) is 18.5. The normalized spacial score (nSPS) is 12.2. The average molecular weight is 790 g/mol. The molecule has 0 aliphatic carbocycles. The van der Waals surface area contributed by atoms with E-state index in [-0.39, 0.29) is 20.1 Å². The fraction of sp³-hybridized carbons (Fsp3) is 0.308. The van der Waals surface area contributed by atoms with Gasteiger partial charge in [-0.15, -0.1) is 35.9 Å². The van der Waals surface area contributed by atoms with Crippen LogP contribution in [0.2, 0.25) is 19.6 Å². The van der Waals surface area contributed by atoms with Gasteiger partial charge in [0.2, 0.25) is 0 Å². The number of fused-ring (bicyclic) bond motifs is 3. The van der Waals surface area contributed by atoms with E-state index in [1.54, 1.807) is 0 Å². The first-order valence-electron chi connectivity index (χ1n) is 15.6. The van der Waals surface area contributed by atoms with Crippen molar-refractivity contribution in [2.24, 2.45) is 11.8 Å². The molecule has 1 radical (unpaired) electrons. The fourth-order valence-corrected chi connectivity index (χ4v) is 7.09. The van der Waals surface area contributed by atoms with Gasteiger partial charge < -0.3 is 19.4 Å². The molecule has 1 unspecified atom stereocenters. The molecule has 0 aliphatic rings.